The van der Waals surface area contributed by atoms with Crippen LogP contribution in [0.2, 0.25) is 5.02 Å². The van der Waals surface area contributed by atoms with Crippen molar-refractivity contribution in [2.45, 2.75) is 32.2 Å². The summed E-state index contributed by atoms with van der Waals surface area (Å²) < 4.78 is 5.33. The van der Waals surface area contributed by atoms with Gasteiger partial charge in [-0.15, -0.1) is 0 Å². The van der Waals surface area contributed by atoms with Gasteiger partial charge in [0, 0.05) is 12.6 Å². The second-order valence-electron chi connectivity index (χ2n) is 5.51. The summed E-state index contributed by atoms with van der Waals surface area (Å²) in [5.74, 6) is -0.113. The van der Waals surface area contributed by atoms with E-state index in [-0.39, 0.29) is 12.0 Å². The van der Waals surface area contributed by atoms with Crippen LogP contribution in [0, 0.1) is 5.92 Å². The third-order valence-electron chi connectivity index (χ3n) is 3.83. The number of hydrogen-bond donors (Lipinski definition) is 2. The molecule has 1 saturated heterocycles. The van der Waals surface area contributed by atoms with Crippen molar-refractivity contribution in [3.63, 3.8) is 0 Å². The van der Waals surface area contributed by atoms with Crippen molar-refractivity contribution >= 4 is 17.6 Å². The summed E-state index contributed by atoms with van der Waals surface area (Å²) in [5.41, 5.74) is 2.07. The van der Waals surface area contributed by atoms with Gasteiger partial charge in [0.2, 0.25) is 0 Å². The van der Waals surface area contributed by atoms with Gasteiger partial charge in [-0.25, -0.2) is 0 Å². The molecule has 20 heavy (non-hydrogen) atoms. The molecule has 0 aromatic heterocycles. The first-order valence-corrected chi connectivity index (χ1v) is 7.15. The summed E-state index contributed by atoms with van der Waals surface area (Å²) in [4.78, 5) is 11.1. The summed E-state index contributed by atoms with van der Waals surface area (Å²) in [6.07, 6.45) is 0.555. The lowest BCUT2D eigenvalue weighted by atomic mass is 9.94. The van der Waals surface area contributed by atoms with Crippen molar-refractivity contribution in [3.8, 4) is 5.75 Å². The van der Waals surface area contributed by atoms with Gasteiger partial charge in [-0.05, 0) is 29.5 Å². The molecule has 1 fully saturated rings. The second-order valence-corrected chi connectivity index (χ2v) is 5.89. The number of carboxylic acids is 1. The zero-order valence-electron chi connectivity index (χ0n) is 11.9. The fraction of sp³-hybridized carbons (Fsp3) is 0.533. The number of carbonyl (C=O) groups is 1. The second kappa shape index (κ2) is 6.02. The number of carboxylic acid groups (broad SMARTS) is 1. The SMILES string of the molecule is COc1cc(C(C)C)cc(C2CC(C(=O)O)CN2)c1Cl. The highest BCUT2D eigenvalue weighted by Crippen LogP contribution is 2.39. The quantitative estimate of drug-likeness (QED) is 0.896. The Balaban J connectivity index is 2.36. The van der Waals surface area contributed by atoms with Gasteiger partial charge in [0.15, 0.2) is 0 Å². The predicted octanol–water partition coefficient (Wildman–Crippen LogP) is 3.21. The molecule has 1 aromatic carbocycles. The lowest BCUT2D eigenvalue weighted by molar-refractivity contribution is -0.141. The zero-order chi connectivity index (χ0) is 14.9. The third kappa shape index (κ3) is 2.91. The molecule has 0 amide bonds. The van der Waals surface area contributed by atoms with Crippen LogP contribution in [0.1, 0.15) is 43.4 Å². The molecule has 1 aliphatic rings. The Morgan fingerprint density at radius 1 is 1.50 bits per heavy atom. The Kier molecular flexibility index (Phi) is 4.55. The van der Waals surface area contributed by atoms with Crippen LogP contribution in [0.25, 0.3) is 0 Å². The van der Waals surface area contributed by atoms with E-state index < -0.39 is 5.97 Å². The topological polar surface area (TPSA) is 58.6 Å². The Labute approximate surface area is 124 Å². The molecule has 2 N–H and O–H groups in total. The van der Waals surface area contributed by atoms with E-state index in [4.69, 9.17) is 21.4 Å². The third-order valence-corrected chi connectivity index (χ3v) is 4.24. The number of halogens is 1. The van der Waals surface area contributed by atoms with E-state index in [0.29, 0.717) is 29.7 Å². The summed E-state index contributed by atoms with van der Waals surface area (Å²) in [7, 11) is 1.59. The Morgan fingerprint density at radius 2 is 2.20 bits per heavy atom. The van der Waals surface area contributed by atoms with Crippen molar-refractivity contribution in [1.82, 2.24) is 5.32 Å². The number of rotatable bonds is 4. The van der Waals surface area contributed by atoms with E-state index in [1.165, 1.54) is 0 Å². The molecule has 0 aliphatic carbocycles. The van der Waals surface area contributed by atoms with E-state index in [0.717, 1.165) is 11.1 Å². The van der Waals surface area contributed by atoms with E-state index >= 15 is 0 Å². The standard InChI is InChI=1S/C15H20ClNO3/c1-8(2)9-4-11(14(16)13(6-9)20-3)12-5-10(7-17-12)15(18)19/h4,6,8,10,12,17H,5,7H2,1-3H3,(H,18,19). The molecular weight excluding hydrogens is 278 g/mol. The maximum absolute atomic E-state index is 11.1. The number of ether oxygens (including phenoxy) is 1. The predicted molar refractivity (Wildman–Crippen MR) is 78.6 cm³/mol. The normalized spacial score (nSPS) is 22.2. The van der Waals surface area contributed by atoms with Gasteiger partial charge in [0.25, 0.3) is 0 Å². The molecule has 1 aliphatic heterocycles. The zero-order valence-corrected chi connectivity index (χ0v) is 12.7. The van der Waals surface area contributed by atoms with Gasteiger partial charge in [-0.2, -0.15) is 0 Å². The maximum atomic E-state index is 11.1. The van der Waals surface area contributed by atoms with E-state index in [2.05, 4.69) is 25.2 Å². The largest absolute Gasteiger partial charge is 0.495 e. The van der Waals surface area contributed by atoms with Crippen molar-refractivity contribution in [1.29, 1.82) is 0 Å². The number of nitrogens with one attached hydrogen (secondary N) is 1. The first kappa shape index (κ1) is 15.1. The molecule has 1 heterocycles. The van der Waals surface area contributed by atoms with Crippen LogP contribution in [0.4, 0.5) is 0 Å². The number of aliphatic carboxylic acids is 1. The van der Waals surface area contributed by atoms with E-state index in [1.807, 2.05) is 6.07 Å². The van der Waals surface area contributed by atoms with Crippen molar-refractivity contribution in [3.05, 3.63) is 28.3 Å². The van der Waals surface area contributed by atoms with Gasteiger partial charge in [-0.1, -0.05) is 31.5 Å². The average molecular weight is 298 g/mol. The molecule has 2 atom stereocenters. The van der Waals surface area contributed by atoms with Gasteiger partial charge in [0.05, 0.1) is 18.1 Å². The summed E-state index contributed by atoms with van der Waals surface area (Å²) in [6, 6.07) is 3.97. The minimum Gasteiger partial charge on any atom is -0.495 e. The molecule has 4 nitrogen and oxygen atoms in total. The maximum Gasteiger partial charge on any atom is 0.307 e. The molecule has 0 radical (unpaired) electrons. The lowest BCUT2D eigenvalue weighted by Crippen LogP contribution is -2.17. The molecule has 1 aromatic rings. The van der Waals surface area contributed by atoms with Gasteiger partial charge in [-0.3, -0.25) is 4.79 Å². The Hall–Kier alpha value is -1.26. The van der Waals surface area contributed by atoms with E-state index in [9.17, 15) is 4.79 Å². The fourth-order valence-electron chi connectivity index (χ4n) is 2.54. The molecule has 2 unspecified atom stereocenters. The summed E-state index contributed by atoms with van der Waals surface area (Å²) >= 11 is 6.38. The van der Waals surface area contributed by atoms with Crippen LogP contribution in [-0.2, 0) is 4.79 Å². The van der Waals surface area contributed by atoms with Crippen molar-refractivity contribution < 1.29 is 14.6 Å². The molecule has 0 saturated carbocycles. The number of benzene rings is 1. The fourth-order valence-corrected chi connectivity index (χ4v) is 2.86. The van der Waals surface area contributed by atoms with Crippen LogP contribution in [-0.4, -0.2) is 24.7 Å². The monoisotopic (exact) mass is 297 g/mol. The highest BCUT2D eigenvalue weighted by atomic mass is 35.5. The van der Waals surface area contributed by atoms with Gasteiger partial charge >= 0.3 is 5.97 Å². The van der Waals surface area contributed by atoms with Crippen LogP contribution in [0.3, 0.4) is 0 Å². The molecule has 5 heteroatoms. The smallest absolute Gasteiger partial charge is 0.307 e. The average Bonchev–Trinajstić information content (AvgIpc) is 2.88. The molecule has 2 rings (SSSR count). The summed E-state index contributed by atoms with van der Waals surface area (Å²) in [5, 5.41) is 12.9. The number of methoxy groups -OCH3 is 1. The highest BCUT2D eigenvalue weighted by molar-refractivity contribution is 6.33. The highest BCUT2D eigenvalue weighted by Gasteiger charge is 2.32. The van der Waals surface area contributed by atoms with Gasteiger partial charge < -0.3 is 15.2 Å². The molecule has 110 valence electrons. The lowest BCUT2D eigenvalue weighted by Gasteiger charge is -2.18. The minimum absolute atomic E-state index is 0.0313. The molecule has 0 spiro atoms. The minimum atomic E-state index is -0.761. The van der Waals surface area contributed by atoms with Crippen molar-refractivity contribution in [2.75, 3.05) is 13.7 Å². The van der Waals surface area contributed by atoms with Crippen molar-refractivity contribution in [2.24, 2.45) is 5.92 Å². The number of hydrogen-bond acceptors (Lipinski definition) is 3. The molecule has 0 bridgehead atoms. The van der Waals surface area contributed by atoms with Gasteiger partial charge in [0.1, 0.15) is 5.75 Å². The van der Waals surface area contributed by atoms with Crippen LogP contribution >= 0.6 is 11.6 Å². The Morgan fingerprint density at radius 3 is 2.70 bits per heavy atom. The first-order chi connectivity index (χ1) is 9.43. The Bertz CT molecular complexity index is 516. The van der Waals surface area contributed by atoms with E-state index in [1.54, 1.807) is 7.11 Å². The summed E-state index contributed by atoms with van der Waals surface area (Å²) in [6.45, 7) is 4.69. The van der Waals surface area contributed by atoms with Crippen LogP contribution in [0.5, 0.6) is 5.75 Å². The molecular formula is C15H20ClNO3. The first-order valence-electron chi connectivity index (χ1n) is 6.77. The van der Waals surface area contributed by atoms with Crippen LogP contribution in [0.15, 0.2) is 12.1 Å². The van der Waals surface area contributed by atoms with Crippen LogP contribution < -0.4 is 10.1 Å².